The summed E-state index contributed by atoms with van der Waals surface area (Å²) in [6, 6.07) is 12.3. The molecule has 0 radical (unpaired) electrons. The van der Waals surface area contributed by atoms with E-state index in [9.17, 15) is 4.79 Å². The summed E-state index contributed by atoms with van der Waals surface area (Å²) in [5.41, 5.74) is 1.37. The lowest BCUT2D eigenvalue weighted by atomic mass is 10.1. The number of aromatic nitrogens is 2. The first-order valence-electron chi connectivity index (χ1n) is 9.98. The second-order valence-corrected chi connectivity index (χ2v) is 8.12. The zero-order chi connectivity index (χ0) is 21.8. The van der Waals surface area contributed by atoms with Gasteiger partial charge in [0.25, 0.3) is 0 Å². The van der Waals surface area contributed by atoms with Crippen molar-refractivity contribution in [3.63, 3.8) is 0 Å². The predicted molar refractivity (Wildman–Crippen MR) is 118 cm³/mol. The molecule has 0 spiro atoms. The molecule has 0 bridgehead atoms. The molecule has 1 fully saturated rings. The highest BCUT2D eigenvalue weighted by atomic mass is 35.5. The Morgan fingerprint density at radius 3 is 2.74 bits per heavy atom. The molecule has 1 aliphatic rings. The van der Waals surface area contributed by atoms with E-state index in [0.29, 0.717) is 46.5 Å². The number of hydrogen-bond donors (Lipinski definition) is 0. The van der Waals surface area contributed by atoms with E-state index in [2.05, 4.69) is 4.98 Å². The Labute approximate surface area is 190 Å². The van der Waals surface area contributed by atoms with Crippen molar-refractivity contribution in [3.8, 4) is 5.75 Å². The van der Waals surface area contributed by atoms with Gasteiger partial charge in [-0.05, 0) is 36.4 Å². The Kier molecular flexibility index (Phi) is 6.62. The van der Waals surface area contributed by atoms with Crippen LogP contribution in [-0.2, 0) is 21.8 Å². The summed E-state index contributed by atoms with van der Waals surface area (Å²) in [6.07, 6.45) is 5.38. The van der Waals surface area contributed by atoms with Crippen molar-refractivity contribution in [2.45, 2.75) is 31.8 Å². The maximum absolute atomic E-state index is 11.8. The molecule has 0 amide bonds. The topological polar surface area (TPSA) is 62.6 Å². The SMILES string of the molecule is CCC(=O)c1ccc(OCC2COC(Cn3ccnc3)(c3ccc(Cl)cc3Cl)O2)cc1. The zero-order valence-corrected chi connectivity index (χ0v) is 18.5. The highest BCUT2D eigenvalue weighted by molar-refractivity contribution is 6.35. The number of rotatable bonds is 8. The molecule has 2 aromatic carbocycles. The minimum atomic E-state index is -1.09. The molecule has 1 saturated heterocycles. The number of imidazole rings is 1. The molecule has 3 aromatic rings. The Bertz CT molecular complexity index is 1040. The number of carbonyl (C=O) groups excluding carboxylic acids is 1. The van der Waals surface area contributed by atoms with E-state index in [0.717, 1.165) is 0 Å². The second kappa shape index (κ2) is 9.40. The average Bonchev–Trinajstić information content (AvgIpc) is 3.43. The van der Waals surface area contributed by atoms with Gasteiger partial charge in [-0.2, -0.15) is 0 Å². The molecule has 0 N–H and O–H groups in total. The minimum absolute atomic E-state index is 0.100. The third-order valence-electron chi connectivity index (χ3n) is 5.08. The lowest BCUT2D eigenvalue weighted by molar-refractivity contribution is -0.189. The van der Waals surface area contributed by atoms with Crippen LogP contribution in [0.5, 0.6) is 5.75 Å². The van der Waals surface area contributed by atoms with Crippen LogP contribution in [0, 0.1) is 0 Å². The number of hydrogen-bond acceptors (Lipinski definition) is 5. The van der Waals surface area contributed by atoms with Crippen molar-refractivity contribution in [3.05, 3.63) is 82.4 Å². The molecule has 1 aliphatic heterocycles. The molecule has 4 rings (SSSR count). The Hall–Kier alpha value is -2.38. The fraction of sp³-hybridized carbons (Fsp3) is 0.304. The van der Waals surface area contributed by atoms with E-state index in [-0.39, 0.29) is 18.5 Å². The monoisotopic (exact) mass is 460 g/mol. The van der Waals surface area contributed by atoms with Gasteiger partial charge in [-0.25, -0.2) is 4.98 Å². The lowest BCUT2D eigenvalue weighted by Gasteiger charge is -2.30. The number of ether oxygens (including phenoxy) is 3. The minimum Gasteiger partial charge on any atom is -0.491 e. The highest BCUT2D eigenvalue weighted by Gasteiger charge is 2.45. The third kappa shape index (κ3) is 4.93. The quantitative estimate of drug-likeness (QED) is 0.436. The zero-order valence-electron chi connectivity index (χ0n) is 17.0. The molecule has 8 heteroatoms. The van der Waals surface area contributed by atoms with Gasteiger partial charge in [0.15, 0.2) is 5.78 Å². The Balaban J connectivity index is 1.48. The van der Waals surface area contributed by atoms with Gasteiger partial charge in [-0.1, -0.05) is 36.2 Å². The summed E-state index contributed by atoms with van der Waals surface area (Å²) in [5, 5.41) is 1.000. The second-order valence-electron chi connectivity index (χ2n) is 7.28. The molecule has 1 aromatic heterocycles. The Morgan fingerprint density at radius 2 is 2.06 bits per heavy atom. The van der Waals surface area contributed by atoms with Crippen molar-refractivity contribution in [2.24, 2.45) is 0 Å². The van der Waals surface area contributed by atoms with Crippen LogP contribution in [0.1, 0.15) is 29.3 Å². The molecule has 0 aliphatic carbocycles. The first-order valence-corrected chi connectivity index (χ1v) is 10.7. The van der Waals surface area contributed by atoms with Gasteiger partial charge in [-0.3, -0.25) is 4.79 Å². The van der Waals surface area contributed by atoms with Crippen LogP contribution in [0.3, 0.4) is 0 Å². The molecule has 6 nitrogen and oxygen atoms in total. The third-order valence-corrected chi connectivity index (χ3v) is 5.63. The van der Waals surface area contributed by atoms with Crippen LogP contribution in [-0.4, -0.2) is 34.7 Å². The summed E-state index contributed by atoms with van der Waals surface area (Å²) in [7, 11) is 0. The van der Waals surface area contributed by atoms with Crippen LogP contribution >= 0.6 is 23.2 Å². The number of Topliss-reactive ketones (excluding diaryl/α,β-unsaturated/α-hetero) is 1. The normalized spacial score (nSPS) is 20.7. The van der Waals surface area contributed by atoms with Crippen LogP contribution in [0.15, 0.2) is 61.2 Å². The van der Waals surface area contributed by atoms with Crippen molar-refractivity contribution >= 4 is 29.0 Å². The Morgan fingerprint density at radius 1 is 1.26 bits per heavy atom. The van der Waals surface area contributed by atoms with Gasteiger partial charge in [-0.15, -0.1) is 0 Å². The summed E-state index contributed by atoms with van der Waals surface area (Å²) in [5.74, 6) is -0.329. The molecule has 2 heterocycles. The fourth-order valence-corrected chi connectivity index (χ4v) is 4.06. The molecule has 2 unspecified atom stereocenters. The van der Waals surface area contributed by atoms with Crippen LogP contribution < -0.4 is 4.74 Å². The molecular formula is C23H22Cl2N2O4. The summed E-state index contributed by atoms with van der Waals surface area (Å²) < 4.78 is 20.3. The van der Waals surface area contributed by atoms with E-state index >= 15 is 0 Å². The predicted octanol–water partition coefficient (Wildman–Crippen LogP) is 5.13. The summed E-state index contributed by atoms with van der Waals surface area (Å²) in [6.45, 7) is 2.84. The van der Waals surface area contributed by atoms with Crippen LogP contribution in [0.4, 0.5) is 0 Å². The number of nitrogens with zero attached hydrogens (tertiary/aromatic N) is 2. The standard InChI is InChI=1S/C23H22Cl2N2O4/c1-2-22(28)16-3-6-18(7-4-16)29-12-19-13-30-23(31-19,14-27-10-9-26-15-27)20-8-5-17(24)11-21(20)25/h3-11,15,19H,2,12-14H2,1H3. The van der Waals surface area contributed by atoms with Crippen LogP contribution in [0.2, 0.25) is 10.0 Å². The number of halogens is 2. The highest BCUT2D eigenvalue weighted by Crippen LogP contribution is 2.40. The van der Waals surface area contributed by atoms with E-state index in [1.165, 1.54) is 0 Å². The number of carbonyl (C=O) groups is 1. The summed E-state index contributed by atoms with van der Waals surface area (Å²) >= 11 is 12.6. The van der Waals surface area contributed by atoms with E-state index in [1.807, 2.05) is 23.8 Å². The first-order chi connectivity index (χ1) is 15.0. The van der Waals surface area contributed by atoms with Gasteiger partial charge in [0.05, 0.1) is 24.5 Å². The molecule has 0 saturated carbocycles. The van der Waals surface area contributed by atoms with Gasteiger partial charge < -0.3 is 18.8 Å². The van der Waals surface area contributed by atoms with Crippen molar-refractivity contribution < 1.29 is 19.0 Å². The fourth-order valence-electron chi connectivity index (χ4n) is 3.51. The van der Waals surface area contributed by atoms with Crippen molar-refractivity contribution in [1.82, 2.24) is 9.55 Å². The number of ketones is 1. The van der Waals surface area contributed by atoms with Crippen LogP contribution in [0.25, 0.3) is 0 Å². The number of benzene rings is 2. The van der Waals surface area contributed by atoms with Gasteiger partial charge in [0.2, 0.25) is 5.79 Å². The first kappa shape index (κ1) is 21.8. The largest absolute Gasteiger partial charge is 0.491 e. The van der Waals surface area contributed by atoms with E-state index in [1.54, 1.807) is 48.9 Å². The molecule has 2 atom stereocenters. The maximum Gasteiger partial charge on any atom is 0.215 e. The molecular weight excluding hydrogens is 439 g/mol. The van der Waals surface area contributed by atoms with Gasteiger partial charge >= 0.3 is 0 Å². The smallest absolute Gasteiger partial charge is 0.215 e. The van der Waals surface area contributed by atoms with Crippen molar-refractivity contribution in [1.29, 1.82) is 0 Å². The summed E-state index contributed by atoms with van der Waals surface area (Å²) in [4.78, 5) is 15.9. The van der Waals surface area contributed by atoms with Gasteiger partial charge in [0, 0.05) is 35.0 Å². The van der Waals surface area contributed by atoms with E-state index < -0.39 is 5.79 Å². The molecule has 162 valence electrons. The maximum atomic E-state index is 11.8. The lowest BCUT2D eigenvalue weighted by Crippen LogP contribution is -2.34. The van der Waals surface area contributed by atoms with Gasteiger partial charge in [0.1, 0.15) is 18.5 Å². The average molecular weight is 461 g/mol. The molecule has 31 heavy (non-hydrogen) atoms. The van der Waals surface area contributed by atoms with Crippen molar-refractivity contribution in [2.75, 3.05) is 13.2 Å². The van der Waals surface area contributed by atoms with E-state index in [4.69, 9.17) is 37.4 Å².